The summed E-state index contributed by atoms with van der Waals surface area (Å²) in [5, 5.41) is 11.9. The Balaban J connectivity index is 1.74. The molecule has 23 heavy (non-hydrogen) atoms. The van der Waals surface area contributed by atoms with E-state index in [1.807, 2.05) is 31.2 Å². The number of amides is 2. The fraction of sp³-hybridized carbons (Fsp3) is 0.529. The van der Waals surface area contributed by atoms with Crippen molar-refractivity contribution in [2.75, 3.05) is 20.2 Å². The number of aliphatic carboxylic acids is 1. The number of urea groups is 1. The molecule has 1 aromatic carbocycles. The molecule has 0 saturated carbocycles. The van der Waals surface area contributed by atoms with Gasteiger partial charge in [0.25, 0.3) is 0 Å². The standard InChI is InChI=1S/C17H24N2O4/c1-12(3-4-13-5-7-15(23-2)8-6-13)18-17(22)19-10-9-14(11-19)16(20)21/h5-8,12,14H,3-4,9-11H2,1-2H3,(H,18,22)(H,20,21). The van der Waals surface area contributed by atoms with Crippen molar-refractivity contribution in [1.29, 1.82) is 0 Å². The second kappa shape index (κ2) is 7.85. The lowest BCUT2D eigenvalue weighted by Crippen LogP contribution is -2.43. The number of carboxylic acid groups (broad SMARTS) is 1. The summed E-state index contributed by atoms with van der Waals surface area (Å²) < 4.78 is 5.13. The van der Waals surface area contributed by atoms with Crippen LogP contribution in [-0.4, -0.2) is 48.2 Å². The molecule has 2 N–H and O–H groups in total. The number of carbonyl (C=O) groups is 2. The Morgan fingerprint density at radius 2 is 2.09 bits per heavy atom. The molecule has 0 radical (unpaired) electrons. The minimum absolute atomic E-state index is 0.0356. The van der Waals surface area contributed by atoms with Gasteiger partial charge in [-0.05, 0) is 43.9 Å². The predicted molar refractivity (Wildman–Crippen MR) is 86.6 cm³/mol. The molecule has 0 aromatic heterocycles. The number of likely N-dealkylation sites (tertiary alicyclic amines) is 1. The minimum atomic E-state index is -0.826. The highest BCUT2D eigenvalue weighted by Crippen LogP contribution is 2.17. The third-order valence-corrected chi connectivity index (χ3v) is 4.22. The minimum Gasteiger partial charge on any atom is -0.497 e. The molecule has 1 aliphatic heterocycles. The summed E-state index contributed by atoms with van der Waals surface area (Å²) in [5.74, 6) is -0.430. The van der Waals surface area contributed by atoms with Crippen molar-refractivity contribution in [3.8, 4) is 5.75 Å². The first kappa shape index (κ1) is 17.1. The van der Waals surface area contributed by atoms with Crippen LogP contribution in [0.4, 0.5) is 4.79 Å². The SMILES string of the molecule is COc1ccc(CCC(C)NC(=O)N2CCC(C(=O)O)C2)cc1. The molecule has 1 aromatic rings. The lowest BCUT2D eigenvalue weighted by atomic mass is 10.1. The van der Waals surface area contributed by atoms with Crippen LogP contribution in [0.15, 0.2) is 24.3 Å². The Morgan fingerprint density at radius 3 is 2.65 bits per heavy atom. The molecule has 2 rings (SSSR count). The van der Waals surface area contributed by atoms with E-state index < -0.39 is 11.9 Å². The van der Waals surface area contributed by atoms with E-state index in [4.69, 9.17) is 9.84 Å². The summed E-state index contributed by atoms with van der Waals surface area (Å²) in [6, 6.07) is 7.75. The molecule has 2 atom stereocenters. The Hall–Kier alpha value is -2.24. The van der Waals surface area contributed by atoms with Gasteiger partial charge in [-0.25, -0.2) is 4.79 Å². The van der Waals surface area contributed by atoms with Crippen molar-refractivity contribution in [1.82, 2.24) is 10.2 Å². The second-order valence-electron chi connectivity index (χ2n) is 6.01. The molecule has 2 amide bonds. The van der Waals surface area contributed by atoms with Crippen LogP contribution in [0.2, 0.25) is 0 Å². The van der Waals surface area contributed by atoms with Gasteiger partial charge < -0.3 is 20.1 Å². The summed E-state index contributed by atoms with van der Waals surface area (Å²) in [7, 11) is 1.64. The van der Waals surface area contributed by atoms with Gasteiger partial charge in [-0.1, -0.05) is 12.1 Å². The molecule has 1 saturated heterocycles. The number of hydrogen-bond donors (Lipinski definition) is 2. The van der Waals surface area contributed by atoms with E-state index in [1.54, 1.807) is 12.0 Å². The van der Waals surface area contributed by atoms with Crippen LogP contribution in [0, 0.1) is 5.92 Å². The fourth-order valence-corrected chi connectivity index (χ4v) is 2.70. The van der Waals surface area contributed by atoms with Gasteiger partial charge in [0.2, 0.25) is 0 Å². The van der Waals surface area contributed by atoms with Crippen molar-refractivity contribution >= 4 is 12.0 Å². The molecule has 6 heteroatoms. The van der Waals surface area contributed by atoms with Crippen molar-refractivity contribution in [2.45, 2.75) is 32.2 Å². The zero-order valence-corrected chi connectivity index (χ0v) is 13.6. The number of benzene rings is 1. The van der Waals surface area contributed by atoms with Crippen LogP contribution >= 0.6 is 0 Å². The number of methoxy groups -OCH3 is 1. The zero-order chi connectivity index (χ0) is 16.8. The number of nitrogens with zero attached hydrogens (tertiary/aromatic N) is 1. The number of carbonyl (C=O) groups excluding carboxylic acids is 1. The molecule has 6 nitrogen and oxygen atoms in total. The number of ether oxygens (including phenoxy) is 1. The maximum absolute atomic E-state index is 12.1. The third-order valence-electron chi connectivity index (χ3n) is 4.22. The topological polar surface area (TPSA) is 78.9 Å². The Morgan fingerprint density at radius 1 is 1.39 bits per heavy atom. The number of nitrogens with one attached hydrogen (secondary N) is 1. The summed E-state index contributed by atoms with van der Waals surface area (Å²) in [5.41, 5.74) is 1.19. The first-order valence-corrected chi connectivity index (χ1v) is 7.90. The molecule has 1 fully saturated rings. The van der Waals surface area contributed by atoms with E-state index >= 15 is 0 Å². The Bertz CT molecular complexity index is 544. The maximum Gasteiger partial charge on any atom is 0.317 e. The Kier molecular flexibility index (Phi) is 5.84. The first-order chi connectivity index (χ1) is 11.0. The second-order valence-corrected chi connectivity index (χ2v) is 6.01. The van der Waals surface area contributed by atoms with Gasteiger partial charge in [-0.2, -0.15) is 0 Å². The Labute approximate surface area is 136 Å². The lowest BCUT2D eigenvalue weighted by molar-refractivity contribution is -0.141. The molecule has 1 heterocycles. The van der Waals surface area contributed by atoms with Crippen LogP contribution in [0.5, 0.6) is 5.75 Å². The van der Waals surface area contributed by atoms with Crippen molar-refractivity contribution in [2.24, 2.45) is 5.92 Å². The lowest BCUT2D eigenvalue weighted by Gasteiger charge is -2.20. The van der Waals surface area contributed by atoms with Crippen LogP contribution in [0.25, 0.3) is 0 Å². The van der Waals surface area contributed by atoms with Crippen molar-refractivity contribution < 1.29 is 19.4 Å². The van der Waals surface area contributed by atoms with Gasteiger partial charge >= 0.3 is 12.0 Å². The molecule has 0 aliphatic carbocycles. The van der Waals surface area contributed by atoms with Crippen LogP contribution < -0.4 is 10.1 Å². The third kappa shape index (κ3) is 4.87. The van der Waals surface area contributed by atoms with E-state index in [2.05, 4.69) is 5.32 Å². The van der Waals surface area contributed by atoms with Gasteiger partial charge in [-0.3, -0.25) is 4.79 Å². The normalized spacial score (nSPS) is 18.5. The van der Waals surface area contributed by atoms with Crippen LogP contribution in [0.3, 0.4) is 0 Å². The monoisotopic (exact) mass is 320 g/mol. The van der Waals surface area contributed by atoms with Gasteiger partial charge in [0.1, 0.15) is 5.75 Å². The number of aryl methyl sites for hydroxylation is 1. The van der Waals surface area contributed by atoms with E-state index in [0.29, 0.717) is 19.5 Å². The van der Waals surface area contributed by atoms with Gasteiger partial charge in [0.15, 0.2) is 0 Å². The molecular formula is C17H24N2O4. The van der Waals surface area contributed by atoms with E-state index in [9.17, 15) is 9.59 Å². The quantitative estimate of drug-likeness (QED) is 0.841. The molecule has 126 valence electrons. The van der Waals surface area contributed by atoms with E-state index in [1.165, 1.54) is 5.56 Å². The van der Waals surface area contributed by atoms with Crippen LogP contribution in [-0.2, 0) is 11.2 Å². The summed E-state index contributed by atoms with van der Waals surface area (Å²) in [6.07, 6.45) is 2.22. The zero-order valence-electron chi connectivity index (χ0n) is 13.6. The number of hydrogen-bond acceptors (Lipinski definition) is 3. The molecule has 0 spiro atoms. The fourth-order valence-electron chi connectivity index (χ4n) is 2.70. The average Bonchev–Trinajstić information content (AvgIpc) is 3.04. The maximum atomic E-state index is 12.1. The summed E-state index contributed by atoms with van der Waals surface area (Å²) in [6.45, 7) is 2.77. The van der Waals surface area contributed by atoms with E-state index in [0.717, 1.165) is 18.6 Å². The predicted octanol–water partition coefficient (Wildman–Crippen LogP) is 2.13. The highest BCUT2D eigenvalue weighted by atomic mass is 16.5. The first-order valence-electron chi connectivity index (χ1n) is 7.90. The molecule has 0 bridgehead atoms. The van der Waals surface area contributed by atoms with Gasteiger partial charge in [-0.15, -0.1) is 0 Å². The number of carboxylic acids is 1. The average molecular weight is 320 g/mol. The molecule has 1 aliphatic rings. The largest absolute Gasteiger partial charge is 0.497 e. The van der Waals surface area contributed by atoms with Crippen molar-refractivity contribution in [3.05, 3.63) is 29.8 Å². The number of rotatable bonds is 6. The van der Waals surface area contributed by atoms with Gasteiger partial charge in [0.05, 0.1) is 13.0 Å². The smallest absolute Gasteiger partial charge is 0.317 e. The summed E-state index contributed by atoms with van der Waals surface area (Å²) in [4.78, 5) is 24.6. The van der Waals surface area contributed by atoms with Crippen molar-refractivity contribution in [3.63, 3.8) is 0 Å². The van der Waals surface area contributed by atoms with Crippen LogP contribution in [0.1, 0.15) is 25.3 Å². The molecular weight excluding hydrogens is 296 g/mol. The highest BCUT2D eigenvalue weighted by molar-refractivity contribution is 5.77. The summed E-state index contributed by atoms with van der Waals surface area (Å²) >= 11 is 0. The van der Waals surface area contributed by atoms with E-state index in [-0.39, 0.29) is 12.1 Å². The highest BCUT2D eigenvalue weighted by Gasteiger charge is 2.31. The molecule has 2 unspecified atom stereocenters. The van der Waals surface area contributed by atoms with Gasteiger partial charge in [0, 0.05) is 19.1 Å².